The quantitative estimate of drug-likeness (QED) is 0.683. The van der Waals surface area contributed by atoms with Crippen LogP contribution in [0.25, 0.3) is 0 Å². The fourth-order valence-electron chi connectivity index (χ4n) is 2.84. The molecule has 9 heteroatoms. The minimum absolute atomic E-state index is 0.355. The van der Waals surface area contributed by atoms with Gasteiger partial charge in [0.2, 0.25) is 0 Å². The number of nitrogens with one attached hydrogen (secondary N) is 2. The molecule has 0 bridgehead atoms. The molecule has 0 atom stereocenters. The number of carbonyl (C=O) groups excluding carboxylic acids is 1. The predicted molar refractivity (Wildman–Crippen MR) is 103 cm³/mol. The fourth-order valence-corrected chi connectivity index (χ4v) is 3.06. The van der Waals surface area contributed by atoms with E-state index < -0.39 is 0 Å². The summed E-state index contributed by atoms with van der Waals surface area (Å²) < 4.78 is 0. The Morgan fingerprint density at radius 3 is 2.65 bits per heavy atom. The summed E-state index contributed by atoms with van der Waals surface area (Å²) >= 11 is 6.03. The molecule has 1 aromatic heterocycles. The van der Waals surface area contributed by atoms with Crippen molar-refractivity contribution in [3.63, 3.8) is 0 Å². The van der Waals surface area contributed by atoms with E-state index in [2.05, 4.69) is 37.5 Å². The lowest BCUT2D eigenvalue weighted by Crippen LogP contribution is -2.46. The number of likely N-dealkylation sites (N-methyl/N-ethyl adjacent to an activating group) is 1. The first-order valence-corrected chi connectivity index (χ1v) is 8.86. The monoisotopic (exact) mass is 375 g/mol. The minimum Gasteiger partial charge on any atom is -0.393 e. The lowest BCUT2D eigenvalue weighted by atomic mass is 10.2. The molecule has 1 saturated heterocycles. The van der Waals surface area contributed by atoms with Crippen molar-refractivity contribution in [2.24, 2.45) is 0 Å². The third-order valence-corrected chi connectivity index (χ3v) is 4.72. The van der Waals surface area contributed by atoms with Gasteiger partial charge in [0, 0.05) is 26.2 Å². The van der Waals surface area contributed by atoms with Crippen molar-refractivity contribution in [2.75, 3.05) is 48.8 Å². The van der Waals surface area contributed by atoms with Gasteiger partial charge in [0.05, 0.1) is 10.6 Å². The van der Waals surface area contributed by atoms with E-state index in [4.69, 9.17) is 17.3 Å². The normalized spacial score (nSPS) is 14.9. The van der Waals surface area contributed by atoms with E-state index in [1.165, 1.54) is 6.33 Å². The SMILES string of the molecule is CCN1CCN(c2ncnc(NNC(=O)c3ccccc3Cl)c2N)CC1. The molecule has 1 amide bonds. The zero-order valence-corrected chi connectivity index (χ0v) is 15.3. The van der Waals surface area contributed by atoms with Gasteiger partial charge in [-0.2, -0.15) is 0 Å². The standard InChI is InChI=1S/C17H22ClN7O/c1-2-24-7-9-25(10-8-24)16-14(19)15(20-11-21-16)22-23-17(26)12-5-3-4-6-13(12)18/h3-6,11H,2,7-10,19H2,1H3,(H,23,26)(H,20,21,22). The van der Waals surface area contributed by atoms with E-state index in [1.807, 2.05) is 0 Å². The van der Waals surface area contributed by atoms with Crippen molar-refractivity contribution in [3.8, 4) is 0 Å². The molecule has 0 aliphatic carbocycles. The maximum Gasteiger partial charge on any atom is 0.271 e. The van der Waals surface area contributed by atoms with Crippen LogP contribution in [0.5, 0.6) is 0 Å². The van der Waals surface area contributed by atoms with Gasteiger partial charge in [-0.05, 0) is 18.7 Å². The second-order valence-electron chi connectivity index (χ2n) is 5.94. The maximum atomic E-state index is 12.2. The fraction of sp³-hybridized carbons (Fsp3) is 0.353. The molecule has 1 aliphatic rings. The van der Waals surface area contributed by atoms with Crippen LogP contribution in [-0.2, 0) is 0 Å². The summed E-state index contributed by atoms with van der Waals surface area (Å²) in [6, 6.07) is 6.80. The van der Waals surface area contributed by atoms with Gasteiger partial charge in [0.15, 0.2) is 11.6 Å². The molecule has 138 valence electrons. The second kappa shape index (κ2) is 8.20. The molecule has 8 nitrogen and oxygen atoms in total. The van der Waals surface area contributed by atoms with Crippen LogP contribution in [0.2, 0.25) is 5.02 Å². The van der Waals surface area contributed by atoms with Gasteiger partial charge in [0.1, 0.15) is 12.0 Å². The Hall–Kier alpha value is -2.58. The Morgan fingerprint density at radius 2 is 1.96 bits per heavy atom. The predicted octanol–water partition coefficient (Wildman–Crippen LogP) is 1.61. The number of halogens is 1. The number of hydrogen-bond donors (Lipinski definition) is 3. The number of hydrogen-bond acceptors (Lipinski definition) is 7. The molecule has 26 heavy (non-hydrogen) atoms. The van der Waals surface area contributed by atoms with Crippen molar-refractivity contribution >= 4 is 34.8 Å². The Morgan fingerprint density at radius 1 is 1.23 bits per heavy atom. The first-order valence-electron chi connectivity index (χ1n) is 8.48. The summed E-state index contributed by atoms with van der Waals surface area (Å²) in [5.74, 6) is 0.658. The van der Waals surface area contributed by atoms with E-state index >= 15 is 0 Å². The largest absolute Gasteiger partial charge is 0.393 e. The van der Waals surface area contributed by atoms with Gasteiger partial charge >= 0.3 is 0 Å². The molecule has 2 aromatic rings. The number of benzene rings is 1. The number of aromatic nitrogens is 2. The average Bonchev–Trinajstić information content (AvgIpc) is 2.67. The van der Waals surface area contributed by atoms with Gasteiger partial charge in [-0.25, -0.2) is 9.97 Å². The smallest absolute Gasteiger partial charge is 0.271 e. The van der Waals surface area contributed by atoms with Crippen LogP contribution < -0.4 is 21.5 Å². The number of carbonyl (C=O) groups is 1. The third kappa shape index (κ3) is 3.97. The molecule has 0 unspecified atom stereocenters. The molecule has 1 aromatic carbocycles. The van der Waals surface area contributed by atoms with Crippen LogP contribution in [0.15, 0.2) is 30.6 Å². The van der Waals surface area contributed by atoms with Gasteiger partial charge in [-0.1, -0.05) is 30.7 Å². The summed E-state index contributed by atoms with van der Waals surface area (Å²) in [5, 5.41) is 0.372. The first-order chi connectivity index (χ1) is 12.6. The highest BCUT2D eigenvalue weighted by atomic mass is 35.5. The van der Waals surface area contributed by atoms with Gasteiger partial charge in [-0.15, -0.1) is 0 Å². The van der Waals surface area contributed by atoms with E-state index in [1.54, 1.807) is 24.3 Å². The Kier molecular flexibility index (Phi) is 5.75. The molecular formula is C17H22ClN7O. The van der Waals surface area contributed by atoms with Crippen LogP contribution in [0.3, 0.4) is 0 Å². The van der Waals surface area contributed by atoms with Crippen molar-refractivity contribution in [1.29, 1.82) is 0 Å². The lowest BCUT2D eigenvalue weighted by molar-refractivity contribution is 0.0962. The number of rotatable bonds is 5. The number of nitrogens with two attached hydrogens (primary N) is 1. The highest BCUT2D eigenvalue weighted by molar-refractivity contribution is 6.33. The molecule has 1 aliphatic heterocycles. The Bertz CT molecular complexity index is 777. The summed E-state index contributed by atoms with van der Waals surface area (Å²) in [6.45, 7) is 6.81. The number of hydrazine groups is 1. The highest BCUT2D eigenvalue weighted by Crippen LogP contribution is 2.26. The molecular weight excluding hydrogens is 354 g/mol. The van der Waals surface area contributed by atoms with Crippen LogP contribution in [0.1, 0.15) is 17.3 Å². The number of nitrogens with zero attached hydrogens (tertiary/aromatic N) is 4. The lowest BCUT2D eigenvalue weighted by Gasteiger charge is -2.35. The van der Waals surface area contributed by atoms with E-state index in [-0.39, 0.29) is 5.91 Å². The van der Waals surface area contributed by atoms with Gasteiger partial charge in [-0.3, -0.25) is 15.6 Å². The van der Waals surface area contributed by atoms with E-state index in [0.29, 0.717) is 27.9 Å². The average molecular weight is 376 g/mol. The molecule has 3 rings (SSSR count). The third-order valence-electron chi connectivity index (χ3n) is 4.39. The van der Waals surface area contributed by atoms with Crippen LogP contribution in [0.4, 0.5) is 17.3 Å². The summed E-state index contributed by atoms with van der Waals surface area (Å²) in [4.78, 5) is 25.2. The van der Waals surface area contributed by atoms with Crippen molar-refractivity contribution in [3.05, 3.63) is 41.2 Å². The molecule has 0 radical (unpaired) electrons. The zero-order chi connectivity index (χ0) is 18.5. The molecule has 0 saturated carbocycles. The Labute approximate surface area is 157 Å². The maximum absolute atomic E-state index is 12.2. The second-order valence-corrected chi connectivity index (χ2v) is 6.35. The highest BCUT2D eigenvalue weighted by Gasteiger charge is 2.20. The Balaban J connectivity index is 1.68. The number of nitrogen functional groups attached to an aromatic ring is 1. The van der Waals surface area contributed by atoms with Crippen LogP contribution in [0, 0.1) is 0 Å². The van der Waals surface area contributed by atoms with Crippen molar-refractivity contribution in [2.45, 2.75) is 6.92 Å². The van der Waals surface area contributed by atoms with E-state index in [9.17, 15) is 4.79 Å². The zero-order valence-electron chi connectivity index (χ0n) is 14.6. The number of anilines is 3. The van der Waals surface area contributed by atoms with Gasteiger partial charge < -0.3 is 15.5 Å². The van der Waals surface area contributed by atoms with Crippen LogP contribution in [-0.4, -0.2) is 53.5 Å². The van der Waals surface area contributed by atoms with E-state index in [0.717, 1.165) is 32.7 Å². The van der Waals surface area contributed by atoms with Gasteiger partial charge in [0.25, 0.3) is 5.91 Å². The molecule has 4 N–H and O–H groups in total. The molecule has 0 spiro atoms. The van der Waals surface area contributed by atoms with Crippen LogP contribution >= 0.6 is 11.6 Å². The first kappa shape index (κ1) is 18.2. The topological polar surface area (TPSA) is 99.4 Å². The number of piperazine rings is 1. The minimum atomic E-state index is -0.369. The molecule has 1 fully saturated rings. The summed E-state index contributed by atoms with van der Waals surface area (Å²) in [6.07, 6.45) is 1.43. The number of amides is 1. The summed E-state index contributed by atoms with van der Waals surface area (Å²) in [7, 11) is 0. The van der Waals surface area contributed by atoms with Crippen molar-refractivity contribution < 1.29 is 4.79 Å². The molecule has 2 heterocycles. The summed E-state index contributed by atoms with van der Waals surface area (Å²) in [5.41, 5.74) is 12.3. The van der Waals surface area contributed by atoms with Crippen molar-refractivity contribution in [1.82, 2.24) is 20.3 Å².